The molecule has 0 spiro atoms. The van der Waals surface area contributed by atoms with Gasteiger partial charge in [-0.3, -0.25) is 0 Å². The Balaban J connectivity index is 1.75. The summed E-state index contributed by atoms with van der Waals surface area (Å²) in [7, 11) is 0. The molecule has 0 aliphatic heterocycles. The van der Waals surface area contributed by atoms with Crippen LogP contribution in [0.5, 0.6) is 0 Å². The van der Waals surface area contributed by atoms with Crippen LogP contribution < -0.4 is 0 Å². The van der Waals surface area contributed by atoms with Gasteiger partial charge in [0.05, 0.1) is 0 Å². The first-order valence-electron chi connectivity index (χ1n) is 6.36. The number of hydrogen-bond donors (Lipinski definition) is 0. The third-order valence-electron chi connectivity index (χ3n) is 4.66. The molecule has 0 N–H and O–H groups in total. The Morgan fingerprint density at radius 2 is 1.94 bits per heavy atom. The summed E-state index contributed by atoms with van der Waals surface area (Å²) >= 11 is 6.23. The van der Waals surface area contributed by atoms with Crippen molar-refractivity contribution < 1.29 is 0 Å². The van der Waals surface area contributed by atoms with Crippen LogP contribution in [0.4, 0.5) is 0 Å². The van der Waals surface area contributed by atoms with E-state index in [0.29, 0.717) is 5.41 Å². The lowest BCUT2D eigenvalue weighted by atomic mass is 9.80. The fourth-order valence-corrected chi connectivity index (χ4v) is 3.66. The van der Waals surface area contributed by atoms with Gasteiger partial charge in [-0.25, -0.2) is 0 Å². The van der Waals surface area contributed by atoms with Gasteiger partial charge < -0.3 is 0 Å². The van der Waals surface area contributed by atoms with Gasteiger partial charge in [0.25, 0.3) is 0 Å². The normalized spacial score (nSPS) is 32.1. The van der Waals surface area contributed by atoms with Gasteiger partial charge in [-0.1, -0.05) is 37.3 Å². The molecule has 86 valence electrons. The van der Waals surface area contributed by atoms with E-state index < -0.39 is 0 Å². The Bertz CT molecular complexity index is 368. The number of rotatable bonds is 4. The first-order valence-corrected chi connectivity index (χ1v) is 6.90. The molecule has 0 radical (unpaired) electrons. The lowest BCUT2D eigenvalue weighted by molar-refractivity contribution is 0.260. The Morgan fingerprint density at radius 3 is 2.50 bits per heavy atom. The molecule has 2 saturated carbocycles. The zero-order valence-corrected chi connectivity index (χ0v) is 10.6. The Labute approximate surface area is 103 Å². The van der Waals surface area contributed by atoms with E-state index in [1.807, 2.05) is 0 Å². The minimum absolute atomic E-state index is 0.405. The minimum Gasteiger partial charge on any atom is -0.126 e. The second kappa shape index (κ2) is 3.77. The molecule has 3 unspecified atom stereocenters. The van der Waals surface area contributed by atoms with Gasteiger partial charge in [-0.2, -0.15) is 0 Å². The van der Waals surface area contributed by atoms with Crippen LogP contribution in [0.15, 0.2) is 30.3 Å². The summed E-state index contributed by atoms with van der Waals surface area (Å²) in [4.78, 5) is 0. The zero-order chi connectivity index (χ0) is 11.2. The molecule has 2 fully saturated rings. The maximum atomic E-state index is 6.23. The van der Waals surface area contributed by atoms with Gasteiger partial charge in [0, 0.05) is 5.88 Å². The Morgan fingerprint density at radius 1 is 1.25 bits per heavy atom. The summed E-state index contributed by atoms with van der Waals surface area (Å²) in [6.07, 6.45) is 4.16. The van der Waals surface area contributed by atoms with E-state index >= 15 is 0 Å². The largest absolute Gasteiger partial charge is 0.126 e. The first-order chi connectivity index (χ1) is 7.75. The maximum Gasteiger partial charge on any atom is 0.0282 e. The van der Waals surface area contributed by atoms with Gasteiger partial charge in [0.15, 0.2) is 0 Å². The molecule has 16 heavy (non-hydrogen) atoms. The fraction of sp³-hybridized carbons (Fsp3) is 0.600. The topological polar surface area (TPSA) is 0 Å². The van der Waals surface area contributed by atoms with Crippen LogP contribution in [0, 0.1) is 17.3 Å². The van der Waals surface area contributed by atoms with E-state index in [0.717, 1.165) is 23.6 Å². The van der Waals surface area contributed by atoms with Crippen molar-refractivity contribution in [2.75, 3.05) is 5.88 Å². The summed E-state index contributed by atoms with van der Waals surface area (Å²) < 4.78 is 0. The molecule has 3 atom stereocenters. The van der Waals surface area contributed by atoms with Crippen molar-refractivity contribution in [3.8, 4) is 0 Å². The number of benzene rings is 1. The van der Waals surface area contributed by atoms with Crippen molar-refractivity contribution in [3.63, 3.8) is 0 Å². The molecule has 0 heterocycles. The molecule has 2 aliphatic carbocycles. The van der Waals surface area contributed by atoms with E-state index in [4.69, 9.17) is 11.6 Å². The molecule has 3 rings (SSSR count). The summed E-state index contributed by atoms with van der Waals surface area (Å²) in [6, 6.07) is 10.9. The summed E-state index contributed by atoms with van der Waals surface area (Å²) in [5.41, 5.74) is 1.92. The van der Waals surface area contributed by atoms with Crippen molar-refractivity contribution >= 4 is 11.6 Å². The molecule has 1 aromatic rings. The summed E-state index contributed by atoms with van der Waals surface area (Å²) in [5, 5.41) is 0. The van der Waals surface area contributed by atoms with Crippen LogP contribution in [-0.2, 0) is 0 Å². The molecular weight excluding hydrogens is 216 g/mol. The molecule has 1 heteroatoms. The SMILES string of the molecule is CC(CCl)(C1CC1)C1CC1c1ccccc1. The van der Waals surface area contributed by atoms with Gasteiger partial charge in [-0.15, -0.1) is 11.6 Å². The van der Waals surface area contributed by atoms with Crippen molar-refractivity contribution in [1.82, 2.24) is 0 Å². The third-order valence-corrected chi connectivity index (χ3v) is 5.24. The average molecular weight is 235 g/mol. The minimum atomic E-state index is 0.405. The van der Waals surface area contributed by atoms with Gasteiger partial charge in [0.1, 0.15) is 0 Å². The Kier molecular flexibility index (Phi) is 2.51. The second-order valence-corrected chi connectivity index (χ2v) is 6.04. The van der Waals surface area contributed by atoms with E-state index in [1.54, 1.807) is 0 Å². The van der Waals surface area contributed by atoms with Gasteiger partial charge in [0.2, 0.25) is 0 Å². The molecular formula is C15H19Cl. The predicted octanol–water partition coefficient (Wildman–Crippen LogP) is 4.45. The van der Waals surface area contributed by atoms with Crippen molar-refractivity contribution in [1.29, 1.82) is 0 Å². The predicted molar refractivity (Wildman–Crippen MR) is 68.8 cm³/mol. The zero-order valence-electron chi connectivity index (χ0n) is 9.83. The van der Waals surface area contributed by atoms with Crippen LogP contribution in [0.25, 0.3) is 0 Å². The first kappa shape index (κ1) is 10.7. The molecule has 0 bridgehead atoms. The molecule has 0 nitrogen and oxygen atoms in total. The highest BCUT2D eigenvalue weighted by Crippen LogP contribution is 2.64. The lowest BCUT2D eigenvalue weighted by Gasteiger charge is -2.27. The smallest absolute Gasteiger partial charge is 0.0282 e. The highest BCUT2D eigenvalue weighted by Gasteiger charge is 2.55. The molecule has 0 saturated heterocycles. The van der Waals surface area contributed by atoms with E-state index in [1.165, 1.54) is 24.8 Å². The van der Waals surface area contributed by atoms with Crippen molar-refractivity contribution in [2.45, 2.75) is 32.1 Å². The second-order valence-electron chi connectivity index (χ2n) is 5.77. The monoisotopic (exact) mass is 234 g/mol. The van der Waals surface area contributed by atoms with E-state index in [2.05, 4.69) is 37.3 Å². The van der Waals surface area contributed by atoms with Crippen LogP contribution >= 0.6 is 11.6 Å². The highest BCUT2D eigenvalue weighted by atomic mass is 35.5. The van der Waals surface area contributed by atoms with Crippen LogP contribution in [-0.4, -0.2) is 5.88 Å². The lowest BCUT2D eigenvalue weighted by Crippen LogP contribution is -2.24. The number of halogens is 1. The van der Waals surface area contributed by atoms with Crippen LogP contribution in [0.2, 0.25) is 0 Å². The van der Waals surface area contributed by atoms with Crippen molar-refractivity contribution in [2.24, 2.45) is 17.3 Å². The standard InChI is InChI=1S/C15H19Cl/c1-15(10-16,12-7-8-12)14-9-13(14)11-5-3-2-4-6-11/h2-6,12-14H,7-10H2,1H3. The summed E-state index contributed by atoms with van der Waals surface area (Å²) in [5.74, 6) is 3.36. The maximum absolute atomic E-state index is 6.23. The van der Waals surface area contributed by atoms with E-state index in [-0.39, 0.29) is 0 Å². The third kappa shape index (κ3) is 1.68. The van der Waals surface area contributed by atoms with Gasteiger partial charge >= 0.3 is 0 Å². The molecule has 0 aromatic heterocycles. The van der Waals surface area contributed by atoms with Crippen molar-refractivity contribution in [3.05, 3.63) is 35.9 Å². The van der Waals surface area contributed by atoms with Crippen LogP contribution in [0.1, 0.15) is 37.7 Å². The van der Waals surface area contributed by atoms with Crippen LogP contribution in [0.3, 0.4) is 0 Å². The molecule has 1 aromatic carbocycles. The quantitative estimate of drug-likeness (QED) is 0.676. The number of hydrogen-bond acceptors (Lipinski definition) is 0. The number of alkyl halides is 1. The van der Waals surface area contributed by atoms with E-state index in [9.17, 15) is 0 Å². The highest BCUT2D eigenvalue weighted by molar-refractivity contribution is 6.18. The van der Waals surface area contributed by atoms with Gasteiger partial charge in [-0.05, 0) is 48.0 Å². The fourth-order valence-electron chi connectivity index (χ4n) is 3.25. The summed E-state index contributed by atoms with van der Waals surface area (Å²) in [6.45, 7) is 2.41. The average Bonchev–Trinajstić information content (AvgIpc) is 3.20. The Hall–Kier alpha value is -0.490. The molecule has 0 amide bonds. The molecule has 2 aliphatic rings.